The summed E-state index contributed by atoms with van der Waals surface area (Å²) >= 11 is 0. The van der Waals surface area contributed by atoms with Gasteiger partial charge >= 0.3 is 12.0 Å². The Hall–Kier alpha value is -2.05. The van der Waals surface area contributed by atoms with Crippen LogP contribution >= 0.6 is 0 Å². The van der Waals surface area contributed by atoms with Gasteiger partial charge in [-0.05, 0) is 19.9 Å². The zero-order valence-corrected chi connectivity index (χ0v) is 11.2. The van der Waals surface area contributed by atoms with Crippen molar-refractivity contribution in [2.24, 2.45) is 0 Å². The van der Waals surface area contributed by atoms with E-state index in [4.69, 9.17) is 5.11 Å². The first kappa shape index (κ1) is 15.0. The summed E-state index contributed by atoms with van der Waals surface area (Å²) in [6.07, 6.45) is 3.46. The standard InChI is InChI=1S/C12H20N4O3/c1-3-15(8-5-11(17)18)12(19)14-10(2)9-16-7-4-6-13-16/h4,6-7,10H,3,5,8-9H2,1-2H3,(H,14,19)(H,17,18). The average Bonchev–Trinajstić information content (AvgIpc) is 2.81. The molecule has 2 N–H and O–H groups in total. The van der Waals surface area contributed by atoms with E-state index in [9.17, 15) is 9.59 Å². The molecule has 19 heavy (non-hydrogen) atoms. The van der Waals surface area contributed by atoms with Gasteiger partial charge in [0, 0.05) is 31.5 Å². The van der Waals surface area contributed by atoms with Crippen molar-refractivity contribution in [1.82, 2.24) is 20.0 Å². The summed E-state index contributed by atoms with van der Waals surface area (Å²) in [5, 5.41) is 15.5. The van der Waals surface area contributed by atoms with E-state index in [1.54, 1.807) is 10.9 Å². The van der Waals surface area contributed by atoms with Crippen LogP contribution < -0.4 is 5.32 Å². The molecule has 0 aliphatic rings. The highest BCUT2D eigenvalue weighted by Gasteiger charge is 2.15. The summed E-state index contributed by atoms with van der Waals surface area (Å²) < 4.78 is 1.73. The summed E-state index contributed by atoms with van der Waals surface area (Å²) in [6.45, 7) is 4.97. The van der Waals surface area contributed by atoms with Crippen LogP contribution in [0.4, 0.5) is 4.79 Å². The van der Waals surface area contributed by atoms with E-state index in [1.807, 2.05) is 26.1 Å². The van der Waals surface area contributed by atoms with Crippen LogP contribution in [0.3, 0.4) is 0 Å². The first-order valence-electron chi connectivity index (χ1n) is 6.27. The number of carbonyl (C=O) groups is 2. The SMILES string of the molecule is CCN(CCC(=O)O)C(=O)NC(C)Cn1cccn1. The number of urea groups is 1. The van der Waals surface area contributed by atoms with Crippen LogP contribution in [0.1, 0.15) is 20.3 Å². The van der Waals surface area contributed by atoms with Gasteiger partial charge < -0.3 is 15.3 Å². The molecule has 0 aliphatic carbocycles. The van der Waals surface area contributed by atoms with Gasteiger partial charge in [0.2, 0.25) is 0 Å². The number of nitrogens with one attached hydrogen (secondary N) is 1. The number of hydrogen-bond donors (Lipinski definition) is 2. The van der Waals surface area contributed by atoms with Crippen LogP contribution in [0.2, 0.25) is 0 Å². The lowest BCUT2D eigenvalue weighted by Crippen LogP contribution is -2.45. The molecule has 0 fully saturated rings. The first-order chi connectivity index (χ1) is 9.02. The second-order valence-electron chi connectivity index (χ2n) is 4.30. The van der Waals surface area contributed by atoms with Gasteiger partial charge in [0.1, 0.15) is 0 Å². The van der Waals surface area contributed by atoms with Crippen LogP contribution in [0.15, 0.2) is 18.5 Å². The van der Waals surface area contributed by atoms with E-state index in [0.717, 1.165) is 0 Å². The number of carboxylic acids is 1. The highest BCUT2D eigenvalue weighted by molar-refractivity contribution is 5.75. The van der Waals surface area contributed by atoms with Crippen LogP contribution in [0, 0.1) is 0 Å². The van der Waals surface area contributed by atoms with Gasteiger partial charge in [-0.25, -0.2) is 4.79 Å². The quantitative estimate of drug-likeness (QED) is 0.765. The maximum absolute atomic E-state index is 11.9. The number of carbonyl (C=O) groups excluding carboxylic acids is 1. The molecular weight excluding hydrogens is 248 g/mol. The summed E-state index contributed by atoms with van der Waals surface area (Å²) in [5.74, 6) is -0.907. The van der Waals surface area contributed by atoms with E-state index in [-0.39, 0.29) is 25.0 Å². The smallest absolute Gasteiger partial charge is 0.317 e. The maximum atomic E-state index is 11.9. The van der Waals surface area contributed by atoms with Crippen molar-refractivity contribution in [2.45, 2.75) is 32.9 Å². The number of aromatic nitrogens is 2. The minimum absolute atomic E-state index is 0.0468. The van der Waals surface area contributed by atoms with E-state index in [0.29, 0.717) is 13.1 Å². The minimum Gasteiger partial charge on any atom is -0.481 e. The number of carboxylic acid groups (broad SMARTS) is 1. The molecule has 2 amide bonds. The van der Waals surface area contributed by atoms with Crippen molar-refractivity contribution in [3.05, 3.63) is 18.5 Å². The molecule has 0 spiro atoms. The lowest BCUT2D eigenvalue weighted by Gasteiger charge is -2.23. The Labute approximate surface area is 112 Å². The van der Waals surface area contributed by atoms with Gasteiger partial charge in [0.25, 0.3) is 0 Å². The predicted molar refractivity (Wildman–Crippen MR) is 69.7 cm³/mol. The van der Waals surface area contributed by atoms with Gasteiger partial charge in [0.05, 0.1) is 13.0 Å². The Kier molecular flexibility index (Phi) is 5.84. The number of aliphatic carboxylic acids is 1. The Morgan fingerprint density at radius 1 is 1.53 bits per heavy atom. The molecule has 0 aromatic carbocycles. The second-order valence-corrected chi connectivity index (χ2v) is 4.30. The predicted octanol–water partition coefficient (Wildman–Crippen LogP) is 0.778. The molecule has 0 saturated carbocycles. The van der Waals surface area contributed by atoms with Crippen molar-refractivity contribution in [1.29, 1.82) is 0 Å². The van der Waals surface area contributed by atoms with Crippen molar-refractivity contribution in [3.63, 3.8) is 0 Å². The Morgan fingerprint density at radius 2 is 2.26 bits per heavy atom. The molecule has 0 saturated heterocycles. The highest BCUT2D eigenvalue weighted by atomic mass is 16.4. The third kappa shape index (κ3) is 5.41. The first-order valence-corrected chi connectivity index (χ1v) is 6.27. The highest BCUT2D eigenvalue weighted by Crippen LogP contribution is 1.96. The van der Waals surface area contributed by atoms with Crippen LogP contribution in [-0.4, -0.2) is 50.9 Å². The van der Waals surface area contributed by atoms with Crippen molar-refractivity contribution in [2.75, 3.05) is 13.1 Å². The fraction of sp³-hybridized carbons (Fsp3) is 0.583. The van der Waals surface area contributed by atoms with Gasteiger partial charge in [-0.3, -0.25) is 9.48 Å². The molecule has 1 aromatic rings. The number of rotatable bonds is 7. The molecule has 7 nitrogen and oxygen atoms in total. The van der Waals surface area contributed by atoms with Crippen LogP contribution in [-0.2, 0) is 11.3 Å². The lowest BCUT2D eigenvalue weighted by atomic mass is 10.3. The molecule has 1 rings (SSSR count). The fourth-order valence-electron chi connectivity index (χ4n) is 1.67. The molecule has 1 aromatic heterocycles. The molecule has 0 radical (unpaired) electrons. The Morgan fingerprint density at radius 3 is 2.79 bits per heavy atom. The molecule has 1 unspecified atom stereocenters. The van der Waals surface area contributed by atoms with Crippen LogP contribution in [0.25, 0.3) is 0 Å². The van der Waals surface area contributed by atoms with Crippen LogP contribution in [0.5, 0.6) is 0 Å². The fourth-order valence-corrected chi connectivity index (χ4v) is 1.67. The van der Waals surface area contributed by atoms with E-state index in [2.05, 4.69) is 10.4 Å². The number of amides is 2. The molecular formula is C12H20N4O3. The topological polar surface area (TPSA) is 87.5 Å². The largest absolute Gasteiger partial charge is 0.481 e. The minimum atomic E-state index is -0.907. The van der Waals surface area contributed by atoms with Gasteiger partial charge in [0.15, 0.2) is 0 Å². The summed E-state index contributed by atoms with van der Waals surface area (Å²) in [4.78, 5) is 23.9. The summed E-state index contributed by atoms with van der Waals surface area (Å²) in [7, 11) is 0. The van der Waals surface area contributed by atoms with Crippen molar-refractivity contribution < 1.29 is 14.7 Å². The van der Waals surface area contributed by atoms with Crippen molar-refractivity contribution in [3.8, 4) is 0 Å². The van der Waals surface area contributed by atoms with E-state index < -0.39 is 5.97 Å². The zero-order valence-electron chi connectivity index (χ0n) is 11.2. The monoisotopic (exact) mass is 268 g/mol. The molecule has 106 valence electrons. The third-order valence-corrected chi connectivity index (χ3v) is 2.65. The second kappa shape index (κ2) is 7.40. The molecule has 7 heteroatoms. The summed E-state index contributed by atoms with van der Waals surface area (Å²) in [5.41, 5.74) is 0. The zero-order chi connectivity index (χ0) is 14.3. The van der Waals surface area contributed by atoms with Gasteiger partial charge in [-0.1, -0.05) is 0 Å². The third-order valence-electron chi connectivity index (χ3n) is 2.65. The molecule has 0 bridgehead atoms. The number of nitrogens with zero attached hydrogens (tertiary/aromatic N) is 3. The molecule has 1 heterocycles. The molecule has 1 atom stereocenters. The number of hydrogen-bond acceptors (Lipinski definition) is 3. The van der Waals surface area contributed by atoms with E-state index in [1.165, 1.54) is 4.90 Å². The maximum Gasteiger partial charge on any atom is 0.317 e. The molecule has 0 aliphatic heterocycles. The van der Waals surface area contributed by atoms with Gasteiger partial charge in [-0.2, -0.15) is 5.10 Å². The lowest BCUT2D eigenvalue weighted by molar-refractivity contribution is -0.137. The van der Waals surface area contributed by atoms with Gasteiger partial charge in [-0.15, -0.1) is 0 Å². The Bertz CT molecular complexity index is 405. The van der Waals surface area contributed by atoms with E-state index >= 15 is 0 Å². The normalized spacial score (nSPS) is 11.9. The summed E-state index contributed by atoms with van der Waals surface area (Å²) in [6, 6.07) is 1.49. The Balaban J connectivity index is 2.40. The average molecular weight is 268 g/mol. The van der Waals surface area contributed by atoms with Crippen molar-refractivity contribution >= 4 is 12.0 Å².